The number of methoxy groups -OCH3 is 1. The highest BCUT2D eigenvalue weighted by molar-refractivity contribution is 7.99. The average Bonchev–Trinajstić information content (AvgIpc) is 3.19. The van der Waals surface area contributed by atoms with Gasteiger partial charge in [-0.25, -0.2) is 4.98 Å². The fraction of sp³-hybridized carbons (Fsp3) is 0.130. The van der Waals surface area contributed by atoms with Crippen LogP contribution in [-0.2, 0) is 4.79 Å². The van der Waals surface area contributed by atoms with E-state index in [1.807, 2.05) is 72.8 Å². The number of rotatable bonds is 7. The van der Waals surface area contributed by atoms with E-state index in [1.54, 1.807) is 18.9 Å². The number of nitrogens with zero attached hydrogens (tertiary/aromatic N) is 1. The van der Waals surface area contributed by atoms with Gasteiger partial charge in [0.2, 0.25) is 5.91 Å². The van der Waals surface area contributed by atoms with Crippen molar-refractivity contribution in [2.45, 2.75) is 11.3 Å². The van der Waals surface area contributed by atoms with E-state index in [-0.39, 0.29) is 5.91 Å². The van der Waals surface area contributed by atoms with Gasteiger partial charge in [-0.2, -0.15) is 0 Å². The van der Waals surface area contributed by atoms with Gasteiger partial charge in [0.15, 0.2) is 0 Å². The molecule has 4 aromatic rings. The SMILES string of the molecule is COc1ccc(SCCC(=O)Nc2cccc(-c3nc4ccccc4[nH]3)c2)cc1. The molecule has 29 heavy (non-hydrogen) atoms. The highest BCUT2D eigenvalue weighted by Crippen LogP contribution is 2.24. The Kier molecular flexibility index (Phi) is 5.81. The quantitative estimate of drug-likeness (QED) is 0.408. The molecule has 0 spiro atoms. The molecule has 0 aliphatic rings. The number of imidazole rings is 1. The average molecular weight is 404 g/mol. The van der Waals surface area contributed by atoms with Gasteiger partial charge in [0, 0.05) is 28.3 Å². The minimum atomic E-state index is -0.00670. The summed E-state index contributed by atoms with van der Waals surface area (Å²) in [6.45, 7) is 0. The summed E-state index contributed by atoms with van der Waals surface area (Å²) in [6, 6.07) is 23.5. The topological polar surface area (TPSA) is 67.0 Å². The van der Waals surface area contributed by atoms with Crippen molar-refractivity contribution in [2.75, 3.05) is 18.2 Å². The summed E-state index contributed by atoms with van der Waals surface area (Å²) < 4.78 is 5.16. The Morgan fingerprint density at radius 1 is 1.07 bits per heavy atom. The molecule has 0 fully saturated rings. The summed E-state index contributed by atoms with van der Waals surface area (Å²) in [5, 5.41) is 2.98. The number of ether oxygens (including phenoxy) is 1. The Morgan fingerprint density at radius 3 is 2.69 bits per heavy atom. The number of H-pyrrole nitrogens is 1. The van der Waals surface area contributed by atoms with Crippen molar-refractivity contribution in [3.05, 3.63) is 72.8 Å². The molecule has 0 atom stereocenters. The molecule has 6 heteroatoms. The Labute approximate surface area is 173 Å². The monoisotopic (exact) mass is 403 g/mol. The highest BCUT2D eigenvalue weighted by Gasteiger charge is 2.08. The van der Waals surface area contributed by atoms with Gasteiger partial charge < -0.3 is 15.0 Å². The number of aromatic nitrogens is 2. The maximum Gasteiger partial charge on any atom is 0.225 e. The summed E-state index contributed by atoms with van der Waals surface area (Å²) in [4.78, 5) is 21.4. The van der Waals surface area contributed by atoms with Crippen molar-refractivity contribution < 1.29 is 9.53 Å². The zero-order valence-corrected chi connectivity index (χ0v) is 16.8. The Balaban J connectivity index is 1.35. The first-order valence-corrected chi connectivity index (χ1v) is 10.3. The zero-order chi connectivity index (χ0) is 20.1. The largest absolute Gasteiger partial charge is 0.497 e. The number of benzene rings is 3. The van der Waals surface area contributed by atoms with E-state index in [4.69, 9.17) is 4.74 Å². The molecule has 0 bridgehead atoms. The maximum absolute atomic E-state index is 12.3. The second-order valence-corrected chi connectivity index (χ2v) is 7.67. The second-order valence-electron chi connectivity index (χ2n) is 6.51. The molecule has 146 valence electrons. The van der Waals surface area contributed by atoms with Gasteiger partial charge in [-0.15, -0.1) is 11.8 Å². The van der Waals surface area contributed by atoms with Gasteiger partial charge in [0.05, 0.1) is 18.1 Å². The number of fused-ring (bicyclic) bond motifs is 1. The van der Waals surface area contributed by atoms with Gasteiger partial charge in [-0.1, -0.05) is 24.3 Å². The van der Waals surface area contributed by atoms with Crippen LogP contribution in [0.15, 0.2) is 77.7 Å². The molecule has 0 radical (unpaired) electrons. The van der Waals surface area contributed by atoms with Gasteiger partial charge in [0.25, 0.3) is 0 Å². The summed E-state index contributed by atoms with van der Waals surface area (Å²) in [5.74, 6) is 2.32. The van der Waals surface area contributed by atoms with Crippen LogP contribution in [0.1, 0.15) is 6.42 Å². The lowest BCUT2D eigenvalue weighted by Crippen LogP contribution is -2.12. The molecule has 1 aromatic heterocycles. The minimum Gasteiger partial charge on any atom is -0.497 e. The van der Waals surface area contributed by atoms with Crippen molar-refractivity contribution in [1.29, 1.82) is 0 Å². The number of anilines is 1. The van der Waals surface area contributed by atoms with Crippen LogP contribution < -0.4 is 10.1 Å². The van der Waals surface area contributed by atoms with Gasteiger partial charge in [-0.3, -0.25) is 4.79 Å². The van der Waals surface area contributed by atoms with Gasteiger partial charge in [-0.05, 0) is 48.5 Å². The number of thioether (sulfide) groups is 1. The lowest BCUT2D eigenvalue weighted by Gasteiger charge is -2.07. The van der Waals surface area contributed by atoms with Crippen molar-refractivity contribution in [3.8, 4) is 17.1 Å². The molecule has 0 saturated carbocycles. The standard InChI is InChI=1S/C23H21N3O2S/c1-28-18-9-11-19(12-10-18)29-14-13-22(27)24-17-6-4-5-16(15-17)23-25-20-7-2-3-8-21(20)26-23/h2-12,15H,13-14H2,1H3,(H,24,27)(H,25,26). The van der Waals surface area contributed by atoms with Gasteiger partial charge >= 0.3 is 0 Å². The molecular formula is C23H21N3O2S. The van der Waals surface area contributed by atoms with Crippen LogP contribution in [0.4, 0.5) is 5.69 Å². The Bertz CT molecular complexity index is 1090. The molecule has 0 saturated heterocycles. The van der Waals surface area contributed by atoms with E-state index < -0.39 is 0 Å². The number of carbonyl (C=O) groups is 1. The summed E-state index contributed by atoms with van der Waals surface area (Å²) in [6.07, 6.45) is 0.436. The van der Waals surface area contributed by atoms with Crippen molar-refractivity contribution >= 4 is 34.4 Å². The molecule has 1 heterocycles. The van der Waals surface area contributed by atoms with Crippen LogP contribution in [0, 0.1) is 0 Å². The van der Waals surface area contributed by atoms with Crippen molar-refractivity contribution in [1.82, 2.24) is 9.97 Å². The number of amides is 1. The molecule has 4 rings (SSSR count). The lowest BCUT2D eigenvalue weighted by atomic mass is 10.2. The van der Waals surface area contributed by atoms with Crippen molar-refractivity contribution in [3.63, 3.8) is 0 Å². The van der Waals surface area contributed by atoms with E-state index in [0.29, 0.717) is 12.2 Å². The number of hydrogen-bond donors (Lipinski definition) is 2. The fourth-order valence-electron chi connectivity index (χ4n) is 2.99. The smallest absolute Gasteiger partial charge is 0.225 e. The normalized spacial score (nSPS) is 10.8. The molecule has 0 unspecified atom stereocenters. The first-order valence-electron chi connectivity index (χ1n) is 9.33. The summed E-state index contributed by atoms with van der Waals surface area (Å²) in [7, 11) is 1.65. The Morgan fingerprint density at radius 2 is 1.90 bits per heavy atom. The third-order valence-corrected chi connectivity index (χ3v) is 5.48. The minimum absolute atomic E-state index is 0.00670. The number of hydrogen-bond acceptors (Lipinski definition) is 4. The third-order valence-electron chi connectivity index (χ3n) is 4.47. The summed E-state index contributed by atoms with van der Waals surface area (Å²) in [5.41, 5.74) is 3.62. The van der Waals surface area contributed by atoms with E-state index in [1.165, 1.54) is 0 Å². The van der Waals surface area contributed by atoms with Crippen LogP contribution in [0.5, 0.6) is 5.75 Å². The van der Waals surface area contributed by atoms with E-state index in [9.17, 15) is 4.79 Å². The van der Waals surface area contributed by atoms with Crippen molar-refractivity contribution in [2.24, 2.45) is 0 Å². The predicted octanol–water partition coefficient (Wildman–Crippen LogP) is 5.36. The first-order chi connectivity index (χ1) is 14.2. The van der Waals surface area contributed by atoms with Gasteiger partial charge in [0.1, 0.15) is 11.6 Å². The number of nitrogens with one attached hydrogen (secondary N) is 2. The lowest BCUT2D eigenvalue weighted by molar-refractivity contribution is -0.115. The van der Waals surface area contributed by atoms with E-state index in [0.717, 1.165) is 38.8 Å². The molecule has 0 aliphatic carbocycles. The third kappa shape index (κ3) is 4.78. The van der Waals surface area contributed by atoms with Crippen LogP contribution in [0.25, 0.3) is 22.4 Å². The fourth-order valence-corrected chi connectivity index (χ4v) is 3.84. The second kappa shape index (κ2) is 8.84. The summed E-state index contributed by atoms with van der Waals surface area (Å²) >= 11 is 1.65. The van der Waals surface area contributed by atoms with Crippen LogP contribution in [0.3, 0.4) is 0 Å². The number of para-hydroxylation sites is 2. The van der Waals surface area contributed by atoms with Crippen LogP contribution in [-0.4, -0.2) is 28.7 Å². The molecule has 2 N–H and O–H groups in total. The first kappa shape index (κ1) is 19.1. The molecule has 1 amide bonds. The Hall–Kier alpha value is -3.25. The number of carbonyl (C=O) groups excluding carboxylic acids is 1. The molecule has 0 aliphatic heterocycles. The maximum atomic E-state index is 12.3. The molecular weight excluding hydrogens is 382 g/mol. The number of aromatic amines is 1. The highest BCUT2D eigenvalue weighted by atomic mass is 32.2. The van der Waals surface area contributed by atoms with Crippen LogP contribution >= 0.6 is 11.8 Å². The zero-order valence-electron chi connectivity index (χ0n) is 16.0. The predicted molar refractivity (Wildman–Crippen MR) is 118 cm³/mol. The van der Waals surface area contributed by atoms with E-state index in [2.05, 4.69) is 15.3 Å². The molecule has 5 nitrogen and oxygen atoms in total. The van der Waals surface area contributed by atoms with E-state index >= 15 is 0 Å². The van der Waals surface area contributed by atoms with Crippen LogP contribution in [0.2, 0.25) is 0 Å². The molecule has 3 aromatic carbocycles.